The van der Waals surface area contributed by atoms with E-state index < -0.39 is 0 Å². The molecule has 0 amide bonds. The predicted molar refractivity (Wildman–Crippen MR) is 91.7 cm³/mol. The van der Waals surface area contributed by atoms with Gasteiger partial charge in [-0.2, -0.15) is 0 Å². The summed E-state index contributed by atoms with van der Waals surface area (Å²) in [5, 5.41) is 3.73. The Labute approximate surface area is 130 Å². The Balaban J connectivity index is 2.20. The van der Waals surface area contributed by atoms with Gasteiger partial charge in [0.2, 0.25) is 0 Å². The van der Waals surface area contributed by atoms with Crippen molar-refractivity contribution in [2.45, 2.75) is 65.0 Å². The average molecular weight is 288 g/mol. The molecular formula is C19H32N2. The third-order valence-electron chi connectivity index (χ3n) is 4.89. The molecule has 0 aliphatic carbocycles. The van der Waals surface area contributed by atoms with Gasteiger partial charge in [-0.15, -0.1) is 0 Å². The van der Waals surface area contributed by atoms with Crippen LogP contribution < -0.4 is 5.32 Å². The summed E-state index contributed by atoms with van der Waals surface area (Å²) in [4.78, 5) is 2.65. The van der Waals surface area contributed by atoms with Gasteiger partial charge in [0, 0.05) is 5.54 Å². The molecule has 0 saturated carbocycles. The molecule has 21 heavy (non-hydrogen) atoms. The van der Waals surface area contributed by atoms with Crippen molar-refractivity contribution in [2.24, 2.45) is 0 Å². The molecule has 1 aromatic rings. The zero-order chi connectivity index (χ0) is 15.3. The molecule has 1 aliphatic heterocycles. The van der Waals surface area contributed by atoms with Crippen LogP contribution in [0.1, 0.15) is 64.1 Å². The topological polar surface area (TPSA) is 15.3 Å². The Morgan fingerprint density at radius 2 is 1.71 bits per heavy atom. The van der Waals surface area contributed by atoms with Gasteiger partial charge < -0.3 is 5.32 Å². The van der Waals surface area contributed by atoms with Crippen molar-refractivity contribution in [3.63, 3.8) is 0 Å². The molecular weight excluding hydrogens is 256 g/mol. The van der Waals surface area contributed by atoms with Crippen LogP contribution in [0.2, 0.25) is 0 Å². The minimum Gasteiger partial charge on any atom is -0.309 e. The summed E-state index contributed by atoms with van der Waals surface area (Å²) in [6, 6.07) is 9.68. The summed E-state index contributed by atoms with van der Waals surface area (Å²) in [6.45, 7) is 12.7. The van der Waals surface area contributed by atoms with Crippen LogP contribution in [0.25, 0.3) is 0 Å². The van der Waals surface area contributed by atoms with E-state index in [-0.39, 0.29) is 5.54 Å². The van der Waals surface area contributed by atoms with Gasteiger partial charge in [-0.25, -0.2) is 0 Å². The minimum absolute atomic E-state index is 0.165. The molecule has 0 aromatic heterocycles. The number of likely N-dealkylation sites (N-methyl/N-ethyl adjacent to an activating group) is 1. The highest BCUT2D eigenvalue weighted by Gasteiger charge is 2.37. The average Bonchev–Trinajstić information content (AvgIpc) is 3.01. The maximum atomic E-state index is 3.73. The van der Waals surface area contributed by atoms with Gasteiger partial charge in [-0.05, 0) is 63.9 Å². The molecule has 1 aliphatic rings. The van der Waals surface area contributed by atoms with E-state index in [1.807, 2.05) is 0 Å². The van der Waals surface area contributed by atoms with Crippen LogP contribution in [-0.2, 0) is 6.42 Å². The minimum atomic E-state index is 0.165. The lowest BCUT2D eigenvalue weighted by molar-refractivity contribution is 0.107. The van der Waals surface area contributed by atoms with Gasteiger partial charge in [0.05, 0.1) is 6.04 Å². The first-order valence-electron chi connectivity index (χ1n) is 8.66. The number of nitrogens with zero attached hydrogens (tertiary/aromatic N) is 1. The van der Waals surface area contributed by atoms with Gasteiger partial charge in [0.1, 0.15) is 0 Å². The second-order valence-corrected chi connectivity index (χ2v) is 6.83. The molecule has 1 aromatic carbocycles. The number of hydrogen-bond donors (Lipinski definition) is 1. The number of likely N-dealkylation sites (tertiary alicyclic amines) is 1. The Hall–Kier alpha value is -0.860. The van der Waals surface area contributed by atoms with E-state index in [2.05, 4.69) is 62.2 Å². The first-order valence-corrected chi connectivity index (χ1v) is 8.66. The molecule has 1 atom stereocenters. The van der Waals surface area contributed by atoms with Gasteiger partial charge in [0.15, 0.2) is 0 Å². The van der Waals surface area contributed by atoms with E-state index in [1.165, 1.54) is 49.9 Å². The maximum Gasteiger partial charge on any atom is 0.0501 e. The van der Waals surface area contributed by atoms with Gasteiger partial charge >= 0.3 is 0 Å². The molecule has 118 valence electrons. The molecule has 2 rings (SSSR count). The van der Waals surface area contributed by atoms with Crippen molar-refractivity contribution >= 4 is 0 Å². The molecule has 0 bridgehead atoms. The number of nitrogens with one attached hydrogen (secondary N) is 1. The van der Waals surface area contributed by atoms with Crippen molar-refractivity contribution < 1.29 is 0 Å². The van der Waals surface area contributed by atoms with Crippen LogP contribution in [0, 0.1) is 0 Å². The lowest BCUT2D eigenvalue weighted by Crippen LogP contribution is -2.51. The molecule has 1 fully saturated rings. The van der Waals surface area contributed by atoms with Crippen molar-refractivity contribution in [3.05, 3.63) is 35.4 Å². The van der Waals surface area contributed by atoms with Crippen molar-refractivity contribution in [3.8, 4) is 0 Å². The lowest BCUT2D eigenvalue weighted by atomic mass is 9.86. The molecule has 0 radical (unpaired) electrons. The Morgan fingerprint density at radius 3 is 2.24 bits per heavy atom. The summed E-state index contributed by atoms with van der Waals surface area (Å²) in [7, 11) is 0. The lowest BCUT2D eigenvalue weighted by Gasteiger charge is -2.43. The van der Waals surface area contributed by atoms with E-state index in [1.54, 1.807) is 0 Å². The number of rotatable bonds is 7. The van der Waals surface area contributed by atoms with Crippen LogP contribution in [0.4, 0.5) is 0 Å². The van der Waals surface area contributed by atoms with Crippen LogP contribution in [0.15, 0.2) is 24.3 Å². The fourth-order valence-electron chi connectivity index (χ4n) is 3.62. The first-order chi connectivity index (χ1) is 10.1. The zero-order valence-electron chi connectivity index (χ0n) is 14.3. The fourth-order valence-corrected chi connectivity index (χ4v) is 3.62. The zero-order valence-corrected chi connectivity index (χ0v) is 14.3. The van der Waals surface area contributed by atoms with Crippen molar-refractivity contribution in [1.29, 1.82) is 0 Å². The maximum absolute atomic E-state index is 3.73. The summed E-state index contributed by atoms with van der Waals surface area (Å²) < 4.78 is 0. The first kappa shape index (κ1) is 16.5. The largest absolute Gasteiger partial charge is 0.309 e. The Morgan fingerprint density at radius 1 is 1.10 bits per heavy atom. The standard InChI is InChI=1S/C19H32N2/c1-5-9-16-10-12-17(13-11-16)18(20-6-2)19(3,4)21-14-7-8-15-21/h10-13,18,20H,5-9,14-15H2,1-4H3. The SMILES string of the molecule is CCCc1ccc(C(NCC)C(C)(C)N2CCCC2)cc1. The van der Waals surface area contributed by atoms with E-state index in [9.17, 15) is 0 Å². The highest BCUT2D eigenvalue weighted by molar-refractivity contribution is 5.27. The molecule has 1 heterocycles. The third kappa shape index (κ3) is 3.87. The van der Waals surface area contributed by atoms with E-state index in [0.29, 0.717) is 6.04 Å². The second-order valence-electron chi connectivity index (χ2n) is 6.83. The molecule has 2 heteroatoms. The molecule has 1 saturated heterocycles. The quantitative estimate of drug-likeness (QED) is 0.810. The van der Waals surface area contributed by atoms with Gasteiger partial charge in [-0.3, -0.25) is 4.90 Å². The third-order valence-corrected chi connectivity index (χ3v) is 4.89. The van der Waals surface area contributed by atoms with Crippen LogP contribution >= 0.6 is 0 Å². The Kier molecular flexibility index (Phi) is 5.83. The van der Waals surface area contributed by atoms with Crippen LogP contribution in [0.3, 0.4) is 0 Å². The monoisotopic (exact) mass is 288 g/mol. The van der Waals surface area contributed by atoms with Gasteiger partial charge in [0.25, 0.3) is 0 Å². The predicted octanol–water partition coefficient (Wildman–Crippen LogP) is 4.16. The van der Waals surface area contributed by atoms with Crippen molar-refractivity contribution in [1.82, 2.24) is 10.2 Å². The molecule has 1 N–H and O–H groups in total. The van der Waals surface area contributed by atoms with Gasteiger partial charge in [-0.1, -0.05) is 44.5 Å². The van der Waals surface area contributed by atoms with E-state index >= 15 is 0 Å². The fraction of sp³-hybridized carbons (Fsp3) is 0.684. The summed E-state index contributed by atoms with van der Waals surface area (Å²) in [5.74, 6) is 0. The highest BCUT2D eigenvalue weighted by atomic mass is 15.2. The number of benzene rings is 1. The van der Waals surface area contributed by atoms with Crippen LogP contribution in [-0.4, -0.2) is 30.1 Å². The number of hydrogen-bond acceptors (Lipinski definition) is 2. The molecule has 0 spiro atoms. The number of aryl methyl sites for hydroxylation is 1. The van der Waals surface area contributed by atoms with Crippen LogP contribution in [0.5, 0.6) is 0 Å². The van der Waals surface area contributed by atoms with Crippen molar-refractivity contribution in [2.75, 3.05) is 19.6 Å². The molecule has 2 nitrogen and oxygen atoms in total. The normalized spacial score (nSPS) is 18.1. The van der Waals surface area contributed by atoms with E-state index in [0.717, 1.165) is 6.54 Å². The summed E-state index contributed by atoms with van der Waals surface area (Å²) in [5.41, 5.74) is 3.04. The highest BCUT2D eigenvalue weighted by Crippen LogP contribution is 2.33. The van der Waals surface area contributed by atoms with E-state index in [4.69, 9.17) is 0 Å². The smallest absolute Gasteiger partial charge is 0.0501 e. The second kappa shape index (κ2) is 7.42. The summed E-state index contributed by atoms with van der Waals surface area (Å²) in [6.07, 6.45) is 5.09. The molecule has 1 unspecified atom stereocenters. The Bertz CT molecular complexity index is 416. The summed E-state index contributed by atoms with van der Waals surface area (Å²) >= 11 is 0.